The molecule has 112 valence electrons. The summed E-state index contributed by atoms with van der Waals surface area (Å²) in [6.45, 7) is 2.71. The number of nitrogens with zero attached hydrogens (tertiary/aromatic N) is 2. The first-order chi connectivity index (χ1) is 10.2. The van der Waals surface area contributed by atoms with Crippen LogP contribution in [0.2, 0.25) is 0 Å². The van der Waals surface area contributed by atoms with Crippen LogP contribution in [0.15, 0.2) is 24.3 Å². The minimum atomic E-state index is -0.232. The van der Waals surface area contributed by atoms with Crippen molar-refractivity contribution >= 4 is 11.8 Å². The highest BCUT2D eigenvalue weighted by molar-refractivity contribution is 6.21. The highest BCUT2D eigenvalue weighted by Crippen LogP contribution is 2.22. The van der Waals surface area contributed by atoms with E-state index in [1.165, 1.54) is 4.90 Å². The van der Waals surface area contributed by atoms with Crippen molar-refractivity contribution in [1.29, 1.82) is 0 Å². The molecule has 6 heteroatoms. The van der Waals surface area contributed by atoms with E-state index < -0.39 is 0 Å². The average Bonchev–Trinajstić information content (AvgIpc) is 2.78. The van der Waals surface area contributed by atoms with Crippen LogP contribution in [-0.2, 0) is 4.74 Å². The first-order valence-electron chi connectivity index (χ1n) is 7.10. The summed E-state index contributed by atoms with van der Waals surface area (Å²) in [5.74, 6) is -0.464. The van der Waals surface area contributed by atoms with Gasteiger partial charge in [-0.15, -0.1) is 0 Å². The van der Waals surface area contributed by atoms with Crippen molar-refractivity contribution in [3.63, 3.8) is 0 Å². The summed E-state index contributed by atoms with van der Waals surface area (Å²) in [5, 5.41) is 9.33. The molecule has 0 aromatic heterocycles. The molecule has 21 heavy (non-hydrogen) atoms. The molecule has 1 atom stereocenters. The number of ether oxygens (including phenoxy) is 1. The average molecular weight is 290 g/mol. The van der Waals surface area contributed by atoms with E-state index >= 15 is 0 Å². The SMILES string of the molecule is O=C1c2ccccc2C(=O)N1CCN1CCOCC1CO. The molecule has 2 heterocycles. The van der Waals surface area contributed by atoms with Crippen molar-refractivity contribution in [2.24, 2.45) is 0 Å². The molecule has 0 bridgehead atoms. The number of fused-ring (bicyclic) bond motifs is 1. The van der Waals surface area contributed by atoms with Crippen molar-refractivity contribution in [3.05, 3.63) is 35.4 Å². The van der Waals surface area contributed by atoms with Crippen LogP contribution < -0.4 is 0 Å². The molecule has 1 N–H and O–H groups in total. The molecule has 0 aliphatic carbocycles. The molecule has 1 unspecified atom stereocenters. The Balaban J connectivity index is 1.67. The molecule has 2 aliphatic heterocycles. The fourth-order valence-corrected chi connectivity index (χ4v) is 2.82. The normalized spacial score (nSPS) is 22.7. The number of aliphatic hydroxyl groups excluding tert-OH is 1. The van der Waals surface area contributed by atoms with Crippen LogP contribution in [0.1, 0.15) is 20.7 Å². The van der Waals surface area contributed by atoms with E-state index in [0.717, 1.165) is 0 Å². The van der Waals surface area contributed by atoms with Crippen LogP contribution in [0.25, 0.3) is 0 Å². The highest BCUT2D eigenvalue weighted by atomic mass is 16.5. The van der Waals surface area contributed by atoms with Gasteiger partial charge in [0.2, 0.25) is 0 Å². The van der Waals surface area contributed by atoms with E-state index in [1.54, 1.807) is 24.3 Å². The summed E-state index contributed by atoms with van der Waals surface area (Å²) in [7, 11) is 0. The third-order valence-corrected chi connectivity index (χ3v) is 4.05. The van der Waals surface area contributed by atoms with Gasteiger partial charge in [-0.3, -0.25) is 19.4 Å². The predicted molar refractivity (Wildman–Crippen MR) is 75.1 cm³/mol. The highest BCUT2D eigenvalue weighted by Gasteiger charge is 2.35. The second-order valence-electron chi connectivity index (χ2n) is 5.25. The topological polar surface area (TPSA) is 70.1 Å². The van der Waals surface area contributed by atoms with Gasteiger partial charge in [-0.1, -0.05) is 12.1 Å². The lowest BCUT2D eigenvalue weighted by Crippen LogP contribution is -2.50. The monoisotopic (exact) mass is 290 g/mol. The summed E-state index contributed by atoms with van der Waals surface area (Å²) < 4.78 is 5.32. The van der Waals surface area contributed by atoms with Crippen LogP contribution >= 0.6 is 0 Å². The maximum Gasteiger partial charge on any atom is 0.261 e. The zero-order chi connectivity index (χ0) is 14.8. The molecular formula is C15H18N2O4. The lowest BCUT2D eigenvalue weighted by molar-refractivity contribution is -0.0288. The van der Waals surface area contributed by atoms with E-state index in [9.17, 15) is 14.7 Å². The van der Waals surface area contributed by atoms with Gasteiger partial charge in [-0.05, 0) is 12.1 Å². The number of benzene rings is 1. The van der Waals surface area contributed by atoms with Crippen LogP contribution in [0.4, 0.5) is 0 Å². The van der Waals surface area contributed by atoms with Gasteiger partial charge in [0.1, 0.15) is 0 Å². The fourth-order valence-electron chi connectivity index (χ4n) is 2.82. The molecule has 2 amide bonds. The number of morpholine rings is 1. The van der Waals surface area contributed by atoms with Gasteiger partial charge in [0.25, 0.3) is 11.8 Å². The van der Waals surface area contributed by atoms with Gasteiger partial charge in [-0.2, -0.15) is 0 Å². The van der Waals surface area contributed by atoms with Gasteiger partial charge in [-0.25, -0.2) is 0 Å². The molecule has 0 radical (unpaired) electrons. The summed E-state index contributed by atoms with van der Waals surface area (Å²) in [6.07, 6.45) is 0. The van der Waals surface area contributed by atoms with E-state index in [1.807, 2.05) is 0 Å². The minimum absolute atomic E-state index is 0.0160. The van der Waals surface area contributed by atoms with Crippen molar-refractivity contribution < 1.29 is 19.4 Å². The third-order valence-electron chi connectivity index (χ3n) is 4.05. The number of rotatable bonds is 4. The number of hydrogen-bond acceptors (Lipinski definition) is 5. The lowest BCUT2D eigenvalue weighted by Gasteiger charge is -2.35. The zero-order valence-corrected chi connectivity index (χ0v) is 11.7. The molecule has 3 rings (SSSR count). The number of aliphatic hydroxyl groups is 1. The van der Waals surface area contributed by atoms with Crippen LogP contribution in [-0.4, -0.2) is 72.2 Å². The number of amides is 2. The molecule has 0 spiro atoms. The molecule has 1 aromatic carbocycles. The summed E-state index contributed by atoms with van der Waals surface area (Å²) in [6, 6.07) is 6.82. The Labute approximate surface area is 122 Å². The quantitative estimate of drug-likeness (QED) is 0.789. The standard InChI is InChI=1S/C15H18N2O4/c18-9-11-10-21-8-7-16(11)5-6-17-14(19)12-3-1-2-4-13(12)15(17)20/h1-4,11,18H,5-10H2. The Morgan fingerprint density at radius 2 is 1.81 bits per heavy atom. The molecule has 0 saturated carbocycles. The maximum atomic E-state index is 12.2. The number of carbonyl (C=O) groups excluding carboxylic acids is 2. The van der Waals surface area contributed by atoms with E-state index in [-0.39, 0.29) is 24.5 Å². The molecule has 1 fully saturated rings. The summed E-state index contributed by atoms with van der Waals surface area (Å²) in [4.78, 5) is 27.8. The first-order valence-corrected chi connectivity index (χ1v) is 7.10. The molecular weight excluding hydrogens is 272 g/mol. The molecule has 6 nitrogen and oxygen atoms in total. The van der Waals surface area contributed by atoms with Crippen LogP contribution in [0, 0.1) is 0 Å². The molecule has 1 saturated heterocycles. The second-order valence-corrected chi connectivity index (χ2v) is 5.25. The van der Waals surface area contributed by atoms with E-state index in [0.29, 0.717) is 44.0 Å². The van der Waals surface area contributed by atoms with Crippen molar-refractivity contribution in [1.82, 2.24) is 9.80 Å². The Kier molecular flexibility index (Phi) is 4.01. The van der Waals surface area contributed by atoms with Crippen LogP contribution in [0.3, 0.4) is 0 Å². The smallest absolute Gasteiger partial charge is 0.261 e. The molecule has 2 aliphatic rings. The zero-order valence-electron chi connectivity index (χ0n) is 11.7. The van der Waals surface area contributed by atoms with Gasteiger partial charge in [0, 0.05) is 19.6 Å². The predicted octanol–water partition coefficient (Wildman–Crippen LogP) is -0.0243. The Hall–Kier alpha value is -1.76. The van der Waals surface area contributed by atoms with E-state index in [2.05, 4.69) is 4.90 Å². The van der Waals surface area contributed by atoms with Crippen molar-refractivity contribution in [2.45, 2.75) is 6.04 Å². The maximum absolute atomic E-state index is 12.2. The molecule has 1 aromatic rings. The number of carbonyl (C=O) groups is 2. The number of hydrogen-bond donors (Lipinski definition) is 1. The summed E-state index contributed by atoms with van der Waals surface area (Å²) in [5.41, 5.74) is 0.950. The number of imide groups is 1. The minimum Gasteiger partial charge on any atom is -0.395 e. The van der Waals surface area contributed by atoms with E-state index in [4.69, 9.17) is 4.74 Å². The Bertz CT molecular complexity index is 525. The van der Waals surface area contributed by atoms with Crippen molar-refractivity contribution in [3.8, 4) is 0 Å². The Morgan fingerprint density at radius 1 is 1.14 bits per heavy atom. The summed E-state index contributed by atoms with van der Waals surface area (Å²) >= 11 is 0. The van der Waals surface area contributed by atoms with Gasteiger partial charge in [0.05, 0.1) is 37.0 Å². The largest absolute Gasteiger partial charge is 0.395 e. The van der Waals surface area contributed by atoms with Gasteiger partial charge < -0.3 is 9.84 Å². The first kappa shape index (κ1) is 14.2. The van der Waals surface area contributed by atoms with Gasteiger partial charge in [0.15, 0.2) is 0 Å². The second kappa shape index (κ2) is 5.93. The third kappa shape index (κ3) is 2.57. The van der Waals surface area contributed by atoms with Crippen molar-refractivity contribution in [2.75, 3.05) is 39.5 Å². The van der Waals surface area contributed by atoms with Gasteiger partial charge >= 0.3 is 0 Å². The fraction of sp³-hybridized carbons (Fsp3) is 0.467. The Morgan fingerprint density at radius 3 is 2.43 bits per heavy atom. The van der Waals surface area contributed by atoms with Crippen LogP contribution in [0.5, 0.6) is 0 Å². The lowest BCUT2D eigenvalue weighted by atomic mass is 10.1.